The highest BCUT2D eigenvalue weighted by molar-refractivity contribution is 14.1. The fraction of sp³-hybridized carbons (Fsp3) is 0.118. The zero-order valence-corrected chi connectivity index (χ0v) is 14.1. The molecule has 0 unspecified atom stereocenters. The molecule has 0 atom stereocenters. The number of nitrogens with one attached hydrogen (secondary N) is 1. The second kappa shape index (κ2) is 5.59. The van der Waals surface area contributed by atoms with E-state index in [1.165, 1.54) is 16.8 Å². The van der Waals surface area contributed by atoms with Gasteiger partial charge in [0.2, 0.25) is 0 Å². The lowest BCUT2D eigenvalue weighted by Crippen LogP contribution is -2.06. The SMILES string of the molecule is Fc1ccc(-n2nc(-c3cccc(I)c3)c3c2NCC3)c(F)c1. The molecule has 1 aliphatic heterocycles. The third-order valence-corrected chi connectivity index (χ3v) is 4.56. The lowest BCUT2D eigenvalue weighted by molar-refractivity contribution is 0.574. The number of halogens is 3. The van der Waals surface area contributed by atoms with Crippen molar-refractivity contribution in [3.05, 3.63) is 63.2 Å². The summed E-state index contributed by atoms with van der Waals surface area (Å²) in [5, 5.41) is 7.84. The van der Waals surface area contributed by atoms with Crippen molar-refractivity contribution < 1.29 is 8.78 Å². The van der Waals surface area contributed by atoms with Gasteiger partial charge in [0.1, 0.15) is 17.3 Å². The Morgan fingerprint density at radius 3 is 2.78 bits per heavy atom. The monoisotopic (exact) mass is 423 g/mol. The summed E-state index contributed by atoms with van der Waals surface area (Å²) in [5.74, 6) is -0.441. The maximum Gasteiger partial charge on any atom is 0.151 e. The number of fused-ring (bicyclic) bond motifs is 1. The second-order valence-electron chi connectivity index (χ2n) is 5.37. The van der Waals surface area contributed by atoms with Gasteiger partial charge in [0.25, 0.3) is 0 Å². The minimum atomic E-state index is -0.627. The van der Waals surface area contributed by atoms with Crippen molar-refractivity contribution in [3.8, 4) is 16.9 Å². The average molecular weight is 423 g/mol. The number of benzene rings is 2. The van der Waals surface area contributed by atoms with Crippen LogP contribution in [0.3, 0.4) is 0 Å². The topological polar surface area (TPSA) is 29.9 Å². The lowest BCUT2D eigenvalue weighted by Gasteiger charge is -2.07. The molecule has 116 valence electrons. The van der Waals surface area contributed by atoms with Crippen molar-refractivity contribution in [2.75, 3.05) is 11.9 Å². The molecule has 0 spiro atoms. The third kappa shape index (κ3) is 2.50. The van der Waals surface area contributed by atoms with Gasteiger partial charge in [-0.05, 0) is 53.3 Å². The zero-order chi connectivity index (χ0) is 16.0. The molecule has 0 aliphatic carbocycles. The highest BCUT2D eigenvalue weighted by Crippen LogP contribution is 2.35. The van der Waals surface area contributed by atoms with Crippen LogP contribution in [0.2, 0.25) is 0 Å². The minimum absolute atomic E-state index is 0.244. The first-order valence-corrected chi connectivity index (χ1v) is 8.28. The molecule has 4 rings (SSSR count). The van der Waals surface area contributed by atoms with E-state index in [0.717, 1.165) is 45.2 Å². The maximum absolute atomic E-state index is 14.2. The molecule has 1 aliphatic rings. The summed E-state index contributed by atoms with van der Waals surface area (Å²) in [6.45, 7) is 0.785. The fourth-order valence-electron chi connectivity index (χ4n) is 2.87. The van der Waals surface area contributed by atoms with Gasteiger partial charge in [-0.25, -0.2) is 13.5 Å². The fourth-order valence-corrected chi connectivity index (χ4v) is 3.41. The first-order valence-electron chi connectivity index (χ1n) is 7.20. The highest BCUT2D eigenvalue weighted by atomic mass is 127. The van der Waals surface area contributed by atoms with Gasteiger partial charge in [-0.1, -0.05) is 12.1 Å². The second-order valence-corrected chi connectivity index (χ2v) is 6.62. The average Bonchev–Trinajstić information content (AvgIpc) is 3.10. The van der Waals surface area contributed by atoms with Crippen LogP contribution in [-0.2, 0) is 6.42 Å². The standard InChI is InChI=1S/C17H12F2IN3/c18-11-4-5-15(14(19)9-11)23-17-13(6-7-21-17)16(22-23)10-2-1-3-12(20)8-10/h1-5,8-9,21H,6-7H2. The summed E-state index contributed by atoms with van der Waals surface area (Å²) in [5.41, 5.74) is 3.15. The van der Waals surface area contributed by atoms with Crippen molar-refractivity contribution in [1.82, 2.24) is 9.78 Å². The van der Waals surface area contributed by atoms with Crippen molar-refractivity contribution in [3.63, 3.8) is 0 Å². The minimum Gasteiger partial charge on any atom is -0.369 e. The van der Waals surface area contributed by atoms with Crippen LogP contribution in [0.15, 0.2) is 42.5 Å². The van der Waals surface area contributed by atoms with E-state index < -0.39 is 11.6 Å². The van der Waals surface area contributed by atoms with E-state index in [4.69, 9.17) is 0 Å². The molecule has 0 saturated carbocycles. The molecule has 0 fully saturated rings. The van der Waals surface area contributed by atoms with Gasteiger partial charge in [0.15, 0.2) is 5.82 Å². The number of hydrogen-bond acceptors (Lipinski definition) is 2. The van der Waals surface area contributed by atoms with Gasteiger partial charge in [0, 0.05) is 27.3 Å². The first kappa shape index (κ1) is 14.6. The van der Waals surface area contributed by atoms with E-state index in [-0.39, 0.29) is 5.69 Å². The van der Waals surface area contributed by atoms with Gasteiger partial charge in [-0.15, -0.1) is 0 Å². The molecule has 0 saturated heterocycles. The van der Waals surface area contributed by atoms with E-state index in [0.29, 0.717) is 0 Å². The molecule has 2 aromatic carbocycles. The van der Waals surface area contributed by atoms with Crippen molar-refractivity contribution in [2.24, 2.45) is 0 Å². The van der Waals surface area contributed by atoms with Crippen molar-refractivity contribution >= 4 is 28.4 Å². The summed E-state index contributed by atoms with van der Waals surface area (Å²) in [6.07, 6.45) is 0.832. The van der Waals surface area contributed by atoms with Crippen LogP contribution in [0.4, 0.5) is 14.6 Å². The Labute approximate surface area is 145 Å². The van der Waals surface area contributed by atoms with Crippen molar-refractivity contribution in [1.29, 1.82) is 0 Å². The number of aromatic nitrogens is 2. The Morgan fingerprint density at radius 1 is 1.13 bits per heavy atom. The first-order chi connectivity index (χ1) is 11.1. The molecule has 0 radical (unpaired) electrons. The van der Waals surface area contributed by atoms with Crippen molar-refractivity contribution in [2.45, 2.75) is 6.42 Å². The summed E-state index contributed by atoms with van der Waals surface area (Å²) < 4.78 is 30.0. The van der Waals surface area contributed by atoms with E-state index in [2.05, 4.69) is 33.0 Å². The van der Waals surface area contributed by atoms with E-state index >= 15 is 0 Å². The molecule has 0 bridgehead atoms. The Morgan fingerprint density at radius 2 is 2.00 bits per heavy atom. The Kier molecular flexibility index (Phi) is 3.56. The predicted molar refractivity (Wildman–Crippen MR) is 93.8 cm³/mol. The molecule has 23 heavy (non-hydrogen) atoms. The highest BCUT2D eigenvalue weighted by Gasteiger charge is 2.25. The molecule has 6 heteroatoms. The van der Waals surface area contributed by atoms with Gasteiger partial charge in [-0.2, -0.15) is 5.10 Å². The predicted octanol–water partition coefficient (Wildman–Crippen LogP) is 4.39. The van der Waals surface area contributed by atoms with Crippen LogP contribution in [0.5, 0.6) is 0 Å². The van der Waals surface area contributed by atoms with E-state index in [1.54, 1.807) is 0 Å². The van der Waals surface area contributed by atoms with Gasteiger partial charge in [-0.3, -0.25) is 0 Å². The number of hydrogen-bond donors (Lipinski definition) is 1. The molecule has 3 aromatic rings. The normalized spacial score (nSPS) is 13.0. The van der Waals surface area contributed by atoms with Gasteiger partial charge in [0.05, 0.1) is 5.69 Å². The van der Waals surface area contributed by atoms with E-state index in [1.807, 2.05) is 24.3 Å². The molecule has 0 amide bonds. The molecular weight excluding hydrogens is 411 g/mol. The van der Waals surface area contributed by atoms with Crippen LogP contribution in [0.25, 0.3) is 16.9 Å². The van der Waals surface area contributed by atoms with Crippen LogP contribution >= 0.6 is 22.6 Å². The quantitative estimate of drug-likeness (QED) is 0.620. The Bertz CT molecular complexity index is 905. The summed E-state index contributed by atoms with van der Waals surface area (Å²) >= 11 is 2.26. The summed E-state index contributed by atoms with van der Waals surface area (Å²) in [4.78, 5) is 0. The number of rotatable bonds is 2. The largest absolute Gasteiger partial charge is 0.369 e. The molecule has 1 aromatic heterocycles. The van der Waals surface area contributed by atoms with Gasteiger partial charge >= 0.3 is 0 Å². The molecular formula is C17H12F2IN3. The van der Waals surface area contributed by atoms with Gasteiger partial charge < -0.3 is 5.32 Å². The molecule has 1 N–H and O–H groups in total. The zero-order valence-electron chi connectivity index (χ0n) is 12.0. The summed E-state index contributed by atoms with van der Waals surface area (Å²) in [7, 11) is 0. The lowest BCUT2D eigenvalue weighted by atomic mass is 10.1. The van der Waals surface area contributed by atoms with Crippen LogP contribution in [0.1, 0.15) is 5.56 Å². The maximum atomic E-state index is 14.2. The number of nitrogens with zero attached hydrogens (tertiary/aromatic N) is 2. The molecule has 2 heterocycles. The van der Waals surface area contributed by atoms with Crippen LogP contribution < -0.4 is 5.32 Å². The van der Waals surface area contributed by atoms with E-state index in [9.17, 15) is 8.78 Å². The summed E-state index contributed by atoms with van der Waals surface area (Å²) in [6, 6.07) is 11.6. The Hall–Kier alpha value is -1.96. The Balaban J connectivity index is 1.91. The molecule has 3 nitrogen and oxygen atoms in total. The smallest absolute Gasteiger partial charge is 0.151 e. The number of anilines is 1. The van der Waals surface area contributed by atoms with Crippen LogP contribution in [0, 0.1) is 15.2 Å². The van der Waals surface area contributed by atoms with Crippen LogP contribution in [-0.4, -0.2) is 16.3 Å². The third-order valence-electron chi connectivity index (χ3n) is 3.89.